The van der Waals surface area contributed by atoms with Crippen molar-refractivity contribution in [2.45, 2.75) is 133 Å². The molecule has 16 aromatic rings. The van der Waals surface area contributed by atoms with Crippen LogP contribution in [0.1, 0.15) is 197 Å². The number of aliphatic imine (C=N–C) groups is 1. The molecule has 0 fully saturated rings. The minimum absolute atomic E-state index is 0. The van der Waals surface area contributed by atoms with E-state index < -0.39 is 11.9 Å². The molecule has 27 nitrogen and oxygen atoms in total. The number of carboxylic acids is 1. The highest BCUT2D eigenvalue weighted by molar-refractivity contribution is 9.10. The number of nitrogens with two attached hydrogens (primary N) is 2. The van der Waals surface area contributed by atoms with Crippen molar-refractivity contribution in [2.75, 3.05) is 7.11 Å². The van der Waals surface area contributed by atoms with Crippen LogP contribution in [0, 0.1) is 40.6 Å². The molecule has 0 bridgehead atoms. The number of primary amides is 1. The molecule has 0 saturated heterocycles. The standard InChI is InChI=1S/C23H20N4OS2.C14H15NO3S.C13H14N2O2S.C13H12N2OS.C12H12BrNOS.C9H5BrO2S.C9H8N2S.C3H9N.H2N2.H3N.H2O.H2/c1-13(2)7-19(28)21-10-15-4-5-16(11-20(15)29-21)23-27-26-22(30-23)9-14-3-6-18-17(8-14)12-24-25-18;1-8(2)15-13(16)12-6-9-4-5-10(14(17)18-3)7-11(9)19-12;1-7(2)15-13(17)11-5-8-3-4-9(12(14)16)6-10(8)18-11;1-8(2)15-13(16)12-6-10-4-3-9(7-14)5-11(10)17-12;1-7(2)14-12(15)11-5-8-3-4-9(13)6-10(8)16-11;10-6-2-1-5-3-8(9(11)12)13-7(5)4-6;1-7-2-3-9(11-6-12)4-8(7)5-10;1-3(2)4;1-2;;;/h3-6,8,10-13H,7,9H2,1-2H3,(H,24,25);4-8H,1-3H3,(H,15,16);3-7H,1-2H3,(H2,14,16)(H,15,17);3-6,8H,1-2H3,(H,15,16);3-7H,1-2H3,(H,14,15);1-4H,(H,11,12);2-5,10H,1H3;3H,4H2,1-2H3;1-2H;1H3;1H2;1H. The minimum atomic E-state index is -0.864. The lowest BCUT2D eigenvalue weighted by atomic mass is 10.1. The van der Waals surface area contributed by atoms with Gasteiger partial charge in [0.15, 0.2) is 5.78 Å². The van der Waals surface area contributed by atoms with Gasteiger partial charge in [0.05, 0.1) is 71.3 Å². The summed E-state index contributed by atoms with van der Waals surface area (Å²) in [5.74, 6) is -1.33. The number of thiocarbonyl (C=S) groups is 1. The number of fused-ring (bicyclic) bond motifs is 7. The molecule has 37 heteroatoms. The third kappa shape index (κ3) is 33.3. The number of carbonyl (C=O) groups is 8. The Morgan fingerprint density at radius 3 is 1.42 bits per heavy atom. The van der Waals surface area contributed by atoms with Crippen molar-refractivity contribution < 1.29 is 55.1 Å². The van der Waals surface area contributed by atoms with Crippen molar-refractivity contribution in [1.82, 2.24) is 47.8 Å². The van der Waals surface area contributed by atoms with Crippen LogP contribution in [0.15, 0.2) is 202 Å². The van der Waals surface area contributed by atoms with Gasteiger partial charge < -0.3 is 59.6 Å². The van der Waals surface area contributed by atoms with Gasteiger partial charge in [0, 0.05) is 98.3 Å². The summed E-state index contributed by atoms with van der Waals surface area (Å²) in [6.45, 7) is 25.4. The average molecular weight is 2070 g/mol. The Kier molecular flexibility index (Phi) is 43.7. The maximum Gasteiger partial charge on any atom is 0.345 e. The molecule has 18 N–H and O–H groups in total. The molecule has 0 saturated carbocycles. The van der Waals surface area contributed by atoms with Gasteiger partial charge in [0.25, 0.3) is 23.6 Å². The number of rotatable bonds is 19. The number of aromatic amines is 1. The number of carbonyl (C=O) groups excluding carboxylic acids is 7. The normalized spacial score (nSPS) is 10.4. The predicted molar refractivity (Wildman–Crippen MR) is 559 cm³/mol. The van der Waals surface area contributed by atoms with E-state index in [2.05, 4.69) is 151 Å². The number of halogens is 2. The van der Waals surface area contributed by atoms with Crippen molar-refractivity contribution in [3.05, 3.63) is 265 Å². The molecule has 133 heavy (non-hydrogen) atoms. The number of amides is 5. The summed E-state index contributed by atoms with van der Waals surface area (Å²) in [6, 6.07) is 59.8. The maximum absolute atomic E-state index is 12.4. The largest absolute Gasteiger partial charge is 0.477 e. The van der Waals surface area contributed by atoms with Crippen LogP contribution in [0.25, 0.3) is 82.0 Å². The first-order chi connectivity index (χ1) is 62.3. The smallest absolute Gasteiger partial charge is 0.345 e. The molecule has 0 unspecified atom stereocenters. The van der Waals surface area contributed by atoms with Crippen LogP contribution in [-0.4, -0.2) is 127 Å². The van der Waals surface area contributed by atoms with E-state index in [0.29, 0.717) is 54.6 Å². The molecule has 5 amide bonds. The number of hydrogen-bond donors (Lipinski definition) is 12. The topological polar surface area (TPSA) is 495 Å². The molecular weight excluding hydrogens is 1970 g/mol. The van der Waals surface area contributed by atoms with E-state index >= 15 is 0 Å². The zero-order valence-electron chi connectivity index (χ0n) is 75.1. The van der Waals surface area contributed by atoms with Crippen LogP contribution < -0.4 is 38.9 Å². The number of ether oxygens (including phenoxy) is 1. The monoisotopic (exact) mass is 2070 g/mol. The molecule has 8 heterocycles. The second kappa shape index (κ2) is 53.0. The first-order valence-corrected chi connectivity index (χ1v) is 48.3. The zero-order valence-corrected chi connectivity index (χ0v) is 84.8. The van der Waals surface area contributed by atoms with Gasteiger partial charge in [-0.15, -0.1) is 78.2 Å². The van der Waals surface area contributed by atoms with E-state index in [1.165, 1.54) is 75.6 Å². The van der Waals surface area contributed by atoms with Crippen LogP contribution in [-0.2, 0) is 11.2 Å². The number of carboxylic acid groups (broad SMARTS) is 1. The Bertz CT molecular complexity index is 6870. The van der Waals surface area contributed by atoms with Gasteiger partial charge in [-0.05, 0) is 263 Å². The lowest BCUT2D eigenvalue weighted by molar-refractivity contribution is 0.0599. The number of benzene rings is 8. The van der Waals surface area contributed by atoms with Gasteiger partial charge in [-0.3, -0.25) is 33.9 Å². The number of nitrogens with one attached hydrogen (secondary N) is 8. The second-order valence-electron chi connectivity index (χ2n) is 30.9. The SMILES string of the molecule is CC(C)CC(=O)c1cc2ccc(-c3nnc(Cc4ccc5[nH]ncc5c4)s3)cc2s1.CC(C)N.CC(C)NC(=O)c1cc2ccc(Br)cc2s1.CC(C)NC(=O)c1cc2ccc(C#N)cc2s1.CC(C)NC(=O)c1cc2ccc(C(N)=O)cc2s1.COC(=O)c1ccc2cc(C(=O)NC(C)C)sc2c1.Cc1ccc(N=C=S)cc1C=N.N.N=N.O.O=C(O)c1cc2ccc(Br)cc2s1.[HH]. The highest BCUT2D eigenvalue weighted by Crippen LogP contribution is 2.36. The van der Waals surface area contributed by atoms with Crippen LogP contribution in [0.2, 0.25) is 0 Å². The number of hydrogen-bond acceptors (Lipinski definition) is 27. The minimum Gasteiger partial charge on any atom is -0.477 e. The summed E-state index contributed by atoms with van der Waals surface area (Å²) in [5, 5.41) is 63.3. The number of aryl methyl sites for hydroxylation is 1. The van der Waals surface area contributed by atoms with E-state index in [4.69, 9.17) is 38.3 Å². The Morgan fingerprint density at radius 2 is 0.970 bits per heavy atom. The molecule has 0 aliphatic rings. The number of nitrogens with zero attached hydrogens (tertiary/aromatic N) is 5. The molecule has 16 rings (SSSR count). The van der Waals surface area contributed by atoms with Crippen molar-refractivity contribution in [3.8, 4) is 16.6 Å². The average Bonchev–Trinajstić information content (AvgIpc) is 1.60. The van der Waals surface area contributed by atoms with Crippen LogP contribution in [0.4, 0.5) is 5.69 Å². The molecule has 696 valence electrons. The second-order valence-corrected chi connectivity index (χ2v) is 40.5. The van der Waals surface area contributed by atoms with Gasteiger partial charge in [0.1, 0.15) is 14.9 Å². The molecule has 8 aromatic carbocycles. The summed E-state index contributed by atoms with van der Waals surface area (Å²) in [6.07, 6.45) is 4.47. The summed E-state index contributed by atoms with van der Waals surface area (Å²) in [7, 11) is 1.35. The number of isothiocyanates is 1. The Balaban J connectivity index is 0.000000278. The van der Waals surface area contributed by atoms with E-state index in [1.807, 2.05) is 192 Å². The number of aromatic nitrogens is 4. The fourth-order valence-corrected chi connectivity index (χ4v) is 19.9. The van der Waals surface area contributed by atoms with E-state index in [0.717, 1.165) is 129 Å². The molecule has 0 aliphatic carbocycles. The summed E-state index contributed by atoms with van der Waals surface area (Å²) in [4.78, 5) is 101. The molecular formula is C96H104Br2N16O11S8. The Morgan fingerprint density at radius 1 is 0.549 bits per heavy atom. The molecule has 0 spiro atoms. The number of thiophene rings is 6. The third-order valence-corrected chi connectivity index (χ3v) is 26.4. The van der Waals surface area contributed by atoms with Gasteiger partial charge >= 0.3 is 11.9 Å². The lowest BCUT2D eigenvalue weighted by Gasteiger charge is -2.05. The lowest BCUT2D eigenvalue weighted by Crippen LogP contribution is -2.29. The summed E-state index contributed by atoms with van der Waals surface area (Å²) >= 11 is 21.4. The van der Waals surface area contributed by atoms with Crippen LogP contribution in [0.3, 0.4) is 0 Å². The number of nitriles is 1. The predicted octanol–water partition coefficient (Wildman–Crippen LogP) is 24.4. The molecule has 0 atom stereocenters. The first-order valence-electron chi connectivity index (χ1n) is 40.6. The van der Waals surface area contributed by atoms with Crippen LogP contribution in [0.5, 0.6) is 0 Å². The molecule has 0 radical (unpaired) electrons. The number of ketones is 1. The highest BCUT2D eigenvalue weighted by Gasteiger charge is 2.20. The van der Waals surface area contributed by atoms with Crippen LogP contribution >= 0.6 is 123 Å². The fraction of sp³-hybridized carbons (Fsp3) is 0.229. The van der Waals surface area contributed by atoms with Crippen molar-refractivity contribution in [2.24, 2.45) is 22.4 Å². The number of esters is 1. The molecule has 0 aliphatic heterocycles. The quantitative estimate of drug-likeness (QED) is 0.0118. The van der Waals surface area contributed by atoms with E-state index in [9.17, 15) is 38.4 Å². The van der Waals surface area contributed by atoms with Crippen molar-refractivity contribution >= 4 is 259 Å². The van der Waals surface area contributed by atoms with Crippen molar-refractivity contribution in [3.63, 3.8) is 0 Å². The number of aromatic carboxylic acids is 1. The number of H-pyrrole nitrogens is 1. The Hall–Kier alpha value is -12.1. The summed E-state index contributed by atoms with van der Waals surface area (Å²) in [5.41, 5.74) is 27.8. The molecule has 8 aromatic heterocycles. The van der Waals surface area contributed by atoms with E-state index in [-0.39, 0.29) is 72.6 Å². The zero-order chi connectivity index (χ0) is 96.0. The summed E-state index contributed by atoms with van der Waals surface area (Å²) < 4.78 is 12.7. The van der Waals surface area contributed by atoms with Gasteiger partial charge in [-0.1, -0.05) is 125 Å². The third-order valence-electron chi connectivity index (χ3n) is 17.7. The van der Waals surface area contributed by atoms with Crippen molar-refractivity contribution in [1.29, 1.82) is 21.7 Å². The van der Waals surface area contributed by atoms with E-state index in [1.54, 1.807) is 65.1 Å². The number of methoxy groups -OCH3 is 1. The maximum atomic E-state index is 12.4. The van der Waals surface area contributed by atoms with Gasteiger partial charge in [-0.2, -0.15) is 15.4 Å². The first kappa shape index (κ1) is 110. The van der Waals surface area contributed by atoms with Gasteiger partial charge in [0.2, 0.25) is 5.91 Å². The Labute approximate surface area is 820 Å². The number of Topliss-reactive ketones (excluding diaryl/α,β-unsaturated/α-hetero) is 1. The highest BCUT2D eigenvalue weighted by atomic mass is 79.9. The fourth-order valence-electron chi connectivity index (χ4n) is 11.9. The van der Waals surface area contributed by atoms with Gasteiger partial charge in [-0.25, -0.2) is 20.7 Å².